The molecule has 1 heterocycles. The standard InChI is InChI=1S/C19H34N2O6/c1-16(2,3)19(20-14(24)27-17(4,5)6)13(23)12(22)11-18(19)7-9-21(10-8-18)15(25)26/h12-13,22-23H,7-11H2,1-6H3,(H,20,24)(H,25,26)/t12-,13+,19-/m0/s1. The smallest absolute Gasteiger partial charge is 0.408 e. The van der Waals surface area contributed by atoms with E-state index < -0.39 is 46.4 Å². The number of hydrogen-bond acceptors (Lipinski definition) is 5. The molecule has 0 aromatic carbocycles. The number of carbonyl (C=O) groups excluding carboxylic acids is 1. The molecule has 8 heteroatoms. The number of amides is 2. The molecule has 156 valence electrons. The minimum atomic E-state index is -1.18. The molecule has 0 aromatic rings. The fraction of sp³-hybridized carbons (Fsp3) is 0.895. The molecular formula is C19H34N2O6. The number of aliphatic hydroxyl groups excluding tert-OH is 2. The number of nitrogens with zero attached hydrogens (tertiary/aromatic N) is 1. The Kier molecular flexibility index (Phi) is 5.49. The molecule has 27 heavy (non-hydrogen) atoms. The van der Waals surface area contributed by atoms with E-state index in [1.165, 1.54) is 4.90 Å². The van der Waals surface area contributed by atoms with Gasteiger partial charge in [0.05, 0.1) is 11.6 Å². The van der Waals surface area contributed by atoms with Crippen molar-refractivity contribution in [1.29, 1.82) is 0 Å². The van der Waals surface area contributed by atoms with Crippen molar-refractivity contribution in [2.75, 3.05) is 13.1 Å². The van der Waals surface area contributed by atoms with Crippen LogP contribution < -0.4 is 5.32 Å². The maximum Gasteiger partial charge on any atom is 0.408 e. The summed E-state index contributed by atoms with van der Waals surface area (Å²) >= 11 is 0. The Morgan fingerprint density at radius 2 is 1.59 bits per heavy atom. The van der Waals surface area contributed by atoms with E-state index in [0.29, 0.717) is 32.4 Å². The fourth-order valence-corrected chi connectivity index (χ4v) is 5.10. The van der Waals surface area contributed by atoms with Gasteiger partial charge in [-0.2, -0.15) is 0 Å². The van der Waals surface area contributed by atoms with Gasteiger partial charge in [0, 0.05) is 18.5 Å². The number of alkyl carbamates (subject to hydrolysis) is 1. The lowest BCUT2D eigenvalue weighted by Crippen LogP contribution is -2.71. The molecule has 1 aliphatic carbocycles. The van der Waals surface area contributed by atoms with Crippen molar-refractivity contribution in [1.82, 2.24) is 10.2 Å². The van der Waals surface area contributed by atoms with E-state index in [1.54, 1.807) is 20.8 Å². The molecule has 0 radical (unpaired) electrons. The van der Waals surface area contributed by atoms with Gasteiger partial charge in [-0.3, -0.25) is 0 Å². The highest BCUT2D eigenvalue weighted by molar-refractivity contribution is 5.70. The van der Waals surface area contributed by atoms with Gasteiger partial charge in [-0.25, -0.2) is 9.59 Å². The van der Waals surface area contributed by atoms with Crippen LogP contribution in [0.25, 0.3) is 0 Å². The molecule has 3 atom stereocenters. The average Bonchev–Trinajstić information content (AvgIpc) is 2.67. The van der Waals surface area contributed by atoms with Crippen molar-refractivity contribution in [3.05, 3.63) is 0 Å². The first kappa shape index (κ1) is 21.8. The maximum absolute atomic E-state index is 12.7. The Balaban J connectivity index is 2.45. The van der Waals surface area contributed by atoms with E-state index >= 15 is 0 Å². The second kappa shape index (κ2) is 6.81. The summed E-state index contributed by atoms with van der Waals surface area (Å²) in [6.45, 7) is 11.6. The van der Waals surface area contributed by atoms with Gasteiger partial charge in [0.15, 0.2) is 0 Å². The molecule has 0 aromatic heterocycles. The molecule has 2 rings (SSSR count). The van der Waals surface area contributed by atoms with E-state index in [9.17, 15) is 24.9 Å². The number of carbonyl (C=O) groups is 2. The number of nitrogens with one attached hydrogen (secondary N) is 1. The van der Waals surface area contributed by atoms with Gasteiger partial charge >= 0.3 is 12.2 Å². The molecule has 0 bridgehead atoms. The number of carboxylic acid groups (broad SMARTS) is 1. The minimum Gasteiger partial charge on any atom is -0.465 e. The Morgan fingerprint density at radius 1 is 1.07 bits per heavy atom. The van der Waals surface area contributed by atoms with Gasteiger partial charge in [-0.1, -0.05) is 20.8 Å². The average molecular weight is 386 g/mol. The Morgan fingerprint density at radius 3 is 2.00 bits per heavy atom. The summed E-state index contributed by atoms with van der Waals surface area (Å²) in [5.41, 5.74) is -3.09. The topological polar surface area (TPSA) is 119 Å². The molecule has 2 aliphatic rings. The third kappa shape index (κ3) is 3.74. The zero-order valence-corrected chi connectivity index (χ0v) is 17.2. The Labute approximate surface area is 160 Å². The highest BCUT2D eigenvalue weighted by Crippen LogP contribution is 2.59. The lowest BCUT2D eigenvalue weighted by Gasteiger charge is -2.57. The predicted molar refractivity (Wildman–Crippen MR) is 99.5 cm³/mol. The summed E-state index contributed by atoms with van der Waals surface area (Å²) in [5, 5.41) is 33.8. The van der Waals surface area contributed by atoms with Crippen LogP contribution in [-0.4, -0.2) is 68.8 Å². The third-order valence-electron chi connectivity index (χ3n) is 6.12. The zero-order chi connectivity index (χ0) is 20.8. The molecule has 1 aliphatic heterocycles. The zero-order valence-electron chi connectivity index (χ0n) is 17.2. The molecule has 1 saturated carbocycles. The highest BCUT2D eigenvalue weighted by Gasteiger charge is 2.69. The monoisotopic (exact) mass is 386 g/mol. The normalized spacial score (nSPS) is 31.0. The van der Waals surface area contributed by atoms with Gasteiger partial charge < -0.3 is 30.3 Å². The summed E-state index contributed by atoms with van der Waals surface area (Å²) in [6.07, 6.45) is -2.62. The number of piperidine rings is 1. The van der Waals surface area contributed by atoms with Crippen LogP contribution in [0.15, 0.2) is 0 Å². The van der Waals surface area contributed by atoms with Gasteiger partial charge in [0.2, 0.25) is 0 Å². The van der Waals surface area contributed by atoms with Crippen molar-refractivity contribution in [3.8, 4) is 0 Å². The molecule has 2 amide bonds. The van der Waals surface area contributed by atoms with E-state index in [4.69, 9.17) is 4.74 Å². The number of aliphatic hydroxyl groups is 2. The van der Waals surface area contributed by atoms with Crippen LogP contribution in [0.4, 0.5) is 9.59 Å². The van der Waals surface area contributed by atoms with Crippen LogP contribution in [0.5, 0.6) is 0 Å². The van der Waals surface area contributed by atoms with Crippen LogP contribution in [-0.2, 0) is 4.74 Å². The lowest BCUT2D eigenvalue weighted by molar-refractivity contribution is -0.0921. The van der Waals surface area contributed by atoms with Crippen molar-refractivity contribution in [2.24, 2.45) is 10.8 Å². The van der Waals surface area contributed by atoms with Crippen molar-refractivity contribution >= 4 is 12.2 Å². The first-order valence-corrected chi connectivity index (χ1v) is 9.50. The SMILES string of the molecule is CC(C)(C)OC(=O)N[C@]1(C(C)(C)C)[C@H](O)[C@@H](O)CC12CCN(C(=O)O)CC2. The summed E-state index contributed by atoms with van der Waals surface area (Å²) in [7, 11) is 0. The summed E-state index contributed by atoms with van der Waals surface area (Å²) in [5.74, 6) is 0. The maximum atomic E-state index is 12.7. The third-order valence-corrected chi connectivity index (χ3v) is 6.12. The molecule has 8 nitrogen and oxygen atoms in total. The van der Waals surface area contributed by atoms with Crippen molar-refractivity contribution in [3.63, 3.8) is 0 Å². The van der Waals surface area contributed by atoms with Crippen molar-refractivity contribution in [2.45, 2.75) is 84.2 Å². The fourth-order valence-electron chi connectivity index (χ4n) is 5.10. The summed E-state index contributed by atoms with van der Waals surface area (Å²) in [4.78, 5) is 25.3. The second-order valence-electron chi connectivity index (χ2n) is 9.95. The van der Waals surface area contributed by atoms with E-state index in [-0.39, 0.29) is 0 Å². The quantitative estimate of drug-likeness (QED) is 0.548. The van der Waals surface area contributed by atoms with Crippen LogP contribution in [0.2, 0.25) is 0 Å². The summed E-state index contributed by atoms with van der Waals surface area (Å²) in [6, 6.07) is 0. The van der Waals surface area contributed by atoms with Gasteiger partial charge in [-0.05, 0) is 45.4 Å². The van der Waals surface area contributed by atoms with E-state index in [2.05, 4.69) is 5.32 Å². The predicted octanol–water partition coefficient (Wildman–Crippen LogP) is 2.18. The largest absolute Gasteiger partial charge is 0.465 e. The molecule has 1 spiro atoms. The Bertz CT molecular complexity index is 586. The number of ether oxygens (including phenoxy) is 1. The number of likely N-dealkylation sites (tertiary alicyclic amines) is 1. The van der Waals surface area contributed by atoms with Gasteiger partial charge in [-0.15, -0.1) is 0 Å². The van der Waals surface area contributed by atoms with Gasteiger partial charge in [0.1, 0.15) is 11.7 Å². The van der Waals surface area contributed by atoms with Gasteiger partial charge in [0.25, 0.3) is 0 Å². The van der Waals surface area contributed by atoms with Crippen LogP contribution in [0.3, 0.4) is 0 Å². The molecule has 4 N–H and O–H groups in total. The first-order chi connectivity index (χ1) is 12.2. The lowest BCUT2D eigenvalue weighted by atomic mass is 9.55. The van der Waals surface area contributed by atoms with E-state index in [0.717, 1.165) is 0 Å². The highest BCUT2D eigenvalue weighted by atomic mass is 16.6. The van der Waals surface area contributed by atoms with Crippen LogP contribution in [0.1, 0.15) is 60.8 Å². The molecule has 1 saturated heterocycles. The number of rotatable bonds is 1. The Hall–Kier alpha value is -1.54. The van der Waals surface area contributed by atoms with Crippen molar-refractivity contribution < 1.29 is 29.6 Å². The number of hydrogen-bond donors (Lipinski definition) is 4. The van der Waals surface area contributed by atoms with E-state index in [1.807, 2.05) is 20.8 Å². The second-order valence-corrected chi connectivity index (χ2v) is 9.95. The van der Waals surface area contributed by atoms with Crippen LogP contribution >= 0.6 is 0 Å². The molecular weight excluding hydrogens is 352 g/mol. The molecule has 2 fully saturated rings. The summed E-state index contributed by atoms with van der Waals surface area (Å²) < 4.78 is 5.45. The minimum absolute atomic E-state index is 0.294. The van der Waals surface area contributed by atoms with Crippen LogP contribution in [0, 0.1) is 10.8 Å². The molecule has 0 unspecified atom stereocenters. The first-order valence-electron chi connectivity index (χ1n) is 9.50.